The fourth-order valence-electron chi connectivity index (χ4n) is 4.43. The van der Waals surface area contributed by atoms with E-state index in [1.807, 2.05) is 0 Å². The minimum Gasteiger partial charge on any atom is -0.497 e. The van der Waals surface area contributed by atoms with Gasteiger partial charge in [-0.3, -0.25) is 19.0 Å². The Morgan fingerprint density at radius 1 is 1.05 bits per heavy atom. The number of likely N-dealkylation sites (tertiary alicyclic amines) is 1. The fraction of sp³-hybridized carbons (Fsp3) is 0.370. The molecule has 0 bridgehead atoms. The number of alkyl halides is 3. The molecule has 0 N–H and O–H groups in total. The second kappa shape index (κ2) is 11.8. The van der Waals surface area contributed by atoms with Crippen LogP contribution in [0, 0.1) is 5.92 Å². The van der Waals surface area contributed by atoms with Crippen molar-refractivity contribution in [3.63, 3.8) is 0 Å². The molecule has 0 spiro atoms. The smallest absolute Gasteiger partial charge is 0.416 e. The van der Waals surface area contributed by atoms with E-state index in [1.165, 1.54) is 24.1 Å². The van der Waals surface area contributed by atoms with Crippen LogP contribution < -0.4 is 16.0 Å². The van der Waals surface area contributed by atoms with Crippen LogP contribution in [0.15, 0.2) is 58.1 Å². The van der Waals surface area contributed by atoms with Crippen LogP contribution in [-0.2, 0) is 22.3 Å². The van der Waals surface area contributed by atoms with Gasteiger partial charge in [-0.15, -0.1) is 0 Å². The number of esters is 1. The molecule has 0 radical (unpaired) electrons. The van der Waals surface area contributed by atoms with Gasteiger partial charge in [0.05, 0.1) is 37.4 Å². The van der Waals surface area contributed by atoms with Crippen LogP contribution in [0.25, 0.3) is 5.69 Å². The number of halogens is 3. The first kappa shape index (κ1) is 28.6. The molecule has 2 aromatic carbocycles. The standard InChI is InChI=1S/C27H27F3N4O6/c1-3-40-25(37)18-5-4-14-32(16-18)23(35)22-24(36)33(15-17-6-8-19(9-7-17)27(28,29)30)26(38)34(31-22)20-10-12-21(39-2)13-11-20/h6-13,18H,3-5,14-16H2,1-2H3. The van der Waals surface area contributed by atoms with Gasteiger partial charge < -0.3 is 14.4 Å². The van der Waals surface area contributed by atoms with Crippen molar-refractivity contribution >= 4 is 11.9 Å². The van der Waals surface area contributed by atoms with Crippen molar-refractivity contribution in [3.05, 3.63) is 86.2 Å². The SMILES string of the molecule is CCOC(=O)C1CCCN(C(=O)c2nn(-c3ccc(OC)cc3)c(=O)n(Cc3ccc(C(F)(F)F)cc3)c2=O)C1. The van der Waals surface area contributed by atoms with Gasteiger partial charge in [-0.25, -0.2) is 4.79 Å². The minimum absolute atomic E-state index is 0.0132. The molecule has 1 saturated heterocycles. The predicted octanol–water partition coefficient (Wildman–Crippen LogP) is 2.89. The van der Waals surface area contributed by atoms with Crippen LogP contribution in [0.4, 0.5) is 13.2 Å². The third-order valence-electron chi connectivity index (χ3n) is 6.53. The summed E-state index contributed by atoms with van der Waals surface area (Å²) < 4.78 is 50.9. The van der Waals surface area contributed by atoms with E-state index < -0.39 is 53.0 Å². The number of aromatic nitrogens is 3. The number of methoxy groups -OCH3 is 1. The van der Waals surface area contributed by atoms with Gasteiger partial charge in [-0.2, -0.15) is 23.0 Å². The Hall–Kier alpha value is -4.42. The monoisotopic (exact) mass is 560 g/mol. The second-order valence-electron chi connectivity index (χ2n) is 9.17. The highest BCUT2D eigenvalue weighted by molar-refractivity contribution is 5.92. The summed E-state index contributed by atoms with van der Waals surface area (Å²) in [4.78, 5) is 54.0. The Morgan fingerprint density at radius 2 is 1.73 bits per heavy atom. The number of carbonyl (C=O) groups excluding carboxylic acids is 2. The number of piperidine rings is 1. The first-order valence-electron chi connectivity index (χ1n) is 12.5. The average molecular weight is 561 g/mol. The fourth-order valence-corrected chi connectivity index (χ4v) is 4.43. The average Bonchev–Trinajstić information content (AvgIpc) is 2.95. The molecule has 2 heterocycles. The van der Waals surface area contributed by atoms with Crippen molar-refractivity contribution in [2.24, 2.45) is 5.92 Å². The molecule has 1 fully saturated rings. The summed E-state index contributed by atoms with van der Waals surface area (Å²) in [5.41, 5.74) is -2.88. The number of rotatable bonds is 7. The summed E-state index contributed by atoms with van der Waals surface area (Å²) in [6.45, 7) is 1.73. The molecule has 3 aromatic rings. The lowest BCUT2D eigenvalue weighted by Crippen LogP contribution is -2.49. The molecule has 40 heavy (non-hydrogen) atoms. The highest BCUT2D eigenvalue weighted by Crippen LogP contribution is 2.29. The van der Waals surface area contributed by atoms with E-state index in [4.69, 9.17) is 9.47 Å². The molecular weight excluding hydrogens is 533 g/mol. The zero-order valence-electron chi connectivity index (χ0n) is 21.8. The first-order chi connectivity index (χ1) is 19.0. The third kappa shape index (κ3) is 6.08. The molecule has 1 unspecified atom stereocenters. The molecule has 1 aliphatic rings. The van der Waals surface area contributed by atoms with Gasteiger partial charge in [0, 0.05) is 13.1 Å². The van der Waals surface area contributed by atoms with Gasteiger partial charge in [0.2, 0.25) is 5.69 Å². The molecule has 0 aliphatic carbocycles. The highest BCUT2D eigenvalue weighted by Gasteiger charge is 2.33. The third-order valence-corrected chi connectivity index (χ3v) is 6.53. The van der Waals surface area contributed by atoms with Gasteiger partial charge in [0.25, 0.3) is 11.5 Å². The number of carbonyl (C=O) groups is 2. The lowest BCUT2D eigenvalue weighted by atomic mass is 9.98. The summed E-state index contributed by atoms with van der Waals surface area (Å²) in [6.07, 6.45) is -3.55. The van der Waals surface area contributed by atoms with Crippen LogP contribution in [0.1, 0.15) is 41.4 Å². The zero-order chi connectivity index (χ0) is 29.0. The molecule has 1 atom stereocenters. The van der Waals surface area contributed by atoms with E-state index >= 15 is 0 Å². The molecule has 1 aliphatic heterocycles. The maximum absolute atomic E-state index is 13.5. The van der Waals surface area contributed by atoms with Gasteiger partial charge in [-0.1, -0.05) is 12.1 Å². The van der Waals surface area contributed by atoms with E-state index in [9.17, 15) is 32.3 Å². The Bertz CT molecular complexity index is 1500. The summed E-state index contributed by atoms with van der Waals surface area (Å²) in [5, 5.41) is 4.10. The molecule has 4 rings (SSSR count). The number of ether oxygens (including phenoxy) is 2. The number of hydrogen-bond donors (Lipinski definition) is 0. The van der Waals surface area contributed by atoms with E-state index in [0.717, 1.165) is 33.5 Å². The summed E-state index contributed by atoms with van der Waals surface area (Å²) in [7, 11) is 1.46. The van der Waals surface area contributed by atoms with E-state index in [-0.39, 0.29) is 30.9 Å². The summed E-state index contributed by atoms with van der Waals surface area (Å²) in [5.74, 6) is -1.30. The van der Waals surface area contributed by atoms with Crippen molar-refractivity contribution in [1.82, 2.24) is 19.2 Å². The van der Waals surface area contributed by atoms with Crippen molar-refractivity contribution < 1.29 is 32.2 Å². The number of hydrogen-bond acceptors (Lipinski definition) is 7. The lowest BCUT2D eigenvalue weighted by Gasteiger charge is -2.31. The number of nitrogens with zero attached hydrogens (tertiary/aromatic N) is 4. The zero-order valence-corrected chi connectivity index (χ0v) is 21.8. The normalized spacial score (nSPS) is 15.5. The largest absolute Gasteiger partial charge is 0.497 e. The maximum atomic E-state index is 13.5. The highest BCUT2D eigenvalue weighted by atomic mass is 19.4. The van der Waals surface area contributed by atoms with Crippen molar-refractivity contribution in [2.45, 2.75) is 32.5 Å². The van der Waals surface area contributed by atoms with Crippen molar-refractivity contribution in [1.29, 1.82) is 0 Å². The molecule has 212 valence electrons. The number of amides is 1. The maximum Gasteiger partial charge on any atom is 0.416 e. The van der Waals surface area contributed by atoms with Crippen molar-refractivity contribution in [2.75, 3.05) is 26.8 Å². The summed E-state index contributed by atoms with van der Waals surface area (Å²) >= 11 is 0. The molecule has 1 amide bonds. The van der Waals surface area contributed by atoms with Crippen LogP contribution in [-0.4, -0.2) is 57.9 Å². The Balaban J connectivity index is 1.77. The van der Waals surface area contributed by atoms with Crippen LogP contribution in [0.3, 0.4) is 0 Å². The van der Waals surface area contributed by atoms with E-state index in [2.05, 4.69) is 5.10 Å². The minimum atomic E-state index is -4.55. The van der Waals surface area contributed by atoms with Gasteiger partial charge >= 0.3 is 17.8 Å². The number of benzene rings is 2. The molecule has 10 nitrogen and oxygen atoms in total. The second-order valence-corrected chi connectivity index (χ2v) is 9.17. The first-order valence-corrected chi connectivity index (χ1v) is 12.5. The topological polar surface area (TPSA) is 113 Å². The summed E-state index contributed by atoms with van der Waals surface area (Å²) in [6, 6.07) is 10.1. The molecule has 1 aromatic heterocycles. The lowest BCUT2D eigenvalue weighted by molar-refractivity contribution is -0.149. The Kier molecular flexibility index (Phi) is 8.40. The van der Waals surface area contributed by atoms with E-state index in [1.54, 1.807) is 19.1 Å². The van der Waals surface area contributed by atoms with Gasteiger partial charge in [0.1, 0.15) is 5.75 Å². The van der Waals surface area contributed by atoms with E-state index in [0.29, 0.717) is 18.6 Å². The molecule has 13 heteroatoms. The van der Waals surface area contributed by atoms with Crippen LogP contribution in [0.2, 0.25) is 0 Å². The molecular formula is C27H27F3N4O6. The Labute approximate surface area is 226 Å². The van der Waals surface area contributed by atoms with Gasteiger partial charge in [-0.05, 0) is 61.7 Å². The van der Waals surface area contributed by atoms with Crippen molar-refractivity contribution in [3.8, 4) is 11.4 Å². The predicted molar refractivity (Wildman–Crippen MR) is 136 cm³/mol. The molecule has 0 saturated carbocycles. The van der Waals surface area contributed by atoms with Gasteiger partial charge in [0.15, 0.2) is 0 Å². The quantitative estimate of drug-likeness (QED) is 0.409. The Morgan fingerprint density at radius 3 is 2.33 bits per heavy atom. The van der Waals surface area contributed by atoms with Crippen LogP contribution >= 0.6 is 0 Å². The van der Waals surface area contributed by atoms with Crippen LogP contribution in [0.5, 0.6) is 5.75 Å².